The monoisotopic (exact) mass is 236 g/mol. The average Bonchev–Trinajstić information content (AvgIpc) is 2.36. The number of nitrogens with one attached hydrogen (secondary N) is 2. The number of nitrogens with zero attached hydrogens (tertiary/aromatic N) is 2. The highest BCUT2D eigenvalue weighted by molar-refractivity contribution is 5.76. The van der Waals surface area contributed by atoms with Crippen LogP contribution < -0.4 is 10.6 Å². The highest BCUT2D eigenvalue weighted by Gasteiger charge is 2.04. The molecule has 0 radical (unpaired) electrons. The van der Waals surface area contributed by atoms with Gasteiger partial charge in [-0.3, -0.25) is 14.8 Å². The Morgan fingerprint density at radius 1 is 1.47 bits per heavy atom. The van der Waals surface area contributed by atoms with Gasteiger partial charge in [-0.1, -0.05) is 6.92 Å². The van der Waals surface area contributed by atoms with E-state index in [9.17, 15) is 4.79 Å². The number of rotatable bonds is 7. The van der Waals surface area contributed by atoms with Gasteiger partial charge in [0.15, 0.2) is 0 Å². The largest absolute Gasteiger partial charge is 0.354 e. The Hall–Kier alpha value is -1.49. The third-order valence-corrected chi connectivity index (χ3v) is 2.47. The van der Waals surface area contributed by atoms with Crippen molar-refractivity contribution in [1.82, 2.24) is 20.6 Å². The van der Waals surface area contributed by atoms with E-state index in [2.05, 4.69) is 27.5 Å². The maximum Gasteiger partial charge on any atom is 0.221 e. The summed E-state index contributed by atoms with van der Waals surface area (Å²) < 4.78 is 0. The fourth-order valence-electron chi connectivity index (χ4n) is 1.29. The highest BCUT2D eigenvalue weighted by Crippen LogP contribution is 1.91. The first-order chi connectivity index (χ1) is 8.22. The number of hydrogen-bond donors (Lipinski definition) is 2. The molecule has 5 heteroatoms. The van der Waals surface area contributed by atoms with Gasteiger partial charge in [-0.15, -0.1) is 0 Å². The molecular weight excluding hydrogens is 216 g/mol. The van der Waals surface area contributed by atoms with Crippen molar-refractivity contribution in [3.05, 3.63) is 24.3 Å². The molecule has 0 saturated carbocycles. The van der Waals surface area contributed by atoms with E-state index in [1.807, 2.05) is 6.92 Å². The topological polar surface area (TPSA) is 66.9 Å². The van der Waals surface area contributed by atoms with Crippen molar-refractivity contribution >= 4 is 5.91 Å². The Morgan fingerprint density at radius 2 is 2.29 bits per heavy atom. The second kappa shape index (κ2) is 7.73. The molecule has 5 nitrogen and oxygen atoms in total. The predicted octanol–water partition coefficient (Wildman–Crippen LogP) is 0.871. The molecule has 0 bridgehead atoms. The van der Waals surface area contributed by atoms with E-state index in [1.54, 1.807) is 18.6 Å². The van der Waals surface area contributed by atoms with Crippen LogP contribution in [0.25, 0.3) is 0 Å². The third kappa shape index (κ3) is 5.97. The molecule has 0 aromatic carbocycles. The van der Waals surface area contributed by atoms with E-state index in [1.165, 1.54) is 0 Å². The molecule has 1 aromatic rings. The lowest BCUT2D eigenvalue weighted by Gasteiger charge is -2.11. The summed E-state index contributed by atoms with van der Waals surface area (Å²) >= 11 is 0. The lowest BCUT2D eigenvalue weighted by molar-refractivity contribution is -0.121. The maximum absolute atomic E-state index is 11.4. The number of carbonyl (C=O) groups excluding carboxylic acids is 1. The van der Waals surface area contributed by atoms with Crippen LogP contribution in [0.5, 0.6) is 0 Å². The van der Waals surface area contributed by atoms with Gasteiger partial charge in [-0.2, -0.15) is 0 Å². The van der Waals surface area contributed by atoms with E-state index in [0.29, 0.717) is 19.5 Å². The fourth-order valence-corrected chi connectivity index (χ4v) is 1.29. The zero-order valence-corrected chi connectivity index (χ0v) is 10.4. The van der Waals surface area contributed by atoms with E-state index < -0.39 is 0 Å². The summed E-state index contributed by atoms with van der Waals surface area (Å²) in [7, 11) is 0. The first-order valence-corrected chi connectivity index (χ1v) is 5.97. The van der Waals surface area contributed by atoms with Crippen LogP contribution in [-0.4, -0.2) is 28.5 Å². The Morgan fingerprint density at radius 3 is 2.94 bits per heavy atom. The molecule has 17 heavy (non-hydrogen) atoms. The average molecular weight is 236 g/mol. The summed E-state index contributed by atoms with van der Waals surface area (Å²) in [4.78, 5) is 19.5. The van der Waals surface area contributed by atoms with Crippen molar-refractivity contribution in [3.8, 4) is 0 Å². The van der Waals surface area contributed by atoms with Crippen LogP contribution in [0.1, 0.15) is 32.4 Å². The Kier molecular flexibility index (Phi) is 6.17. The van der Waals surface area contributed by atoms with Crippen molar-refractivity contribution < 1.29 is 4.79 Å². The number of hydrogen-bond acceptors (Lipinski definition) is 4. The van der Waals surface area contributed by atoms with Crippen LogP contribution in [0.4, 0.5) is 0 Å². The van der Waals surface area contributed by atoms with Gasteiger partial charge >= 0.3 is 0 Å². The van der Waals surface area contributed by atoms with Gasteiger partial charge in [-0.25, -0.2) is 0 Å². The van der Waals surface area contributed by atoms with Crippen LogP contribution in [-0.2, 0) is 11.3 Å². The molecule has 1 rings (SSSR count). The molecular formula is C12H20N4O. The summed E-state index contributed by atoms with van der Waals surface area (Å²) in [5, 5.41) is 6.08. The molecule has 0 spiro atoms. The molecule has 1 unspecified atom stereocenters. The van der Waals surface area contributed by atoms with Crippen LogP contribution in [0.3, 0.4) is 0 Å². The summed E-state index contributed by atoms with van der Waals surface area (Å²) in [5.41, 5.74) is 0.884. The molecule has 1 atom stereocenters. The van der Waals surface area contributed by atoms with Crippen LogP contribution in [0, 0.1) is 0 Å². The molecule has 0 aliphatic carbocycles. The van der Waals surface area contributed by atoms with Gasteiger partial charge in [0.1, 0.15) is 0 Å². The molecule has 2 N–H and O–H groups in total. The Labute approximate surface area is 102 Å². The van der Waals surface area contributed by atoms with Gasteiger partial charge in [0.05, 0.1) is 5.69 Å². The van der Waals surface area contributed by atoms with Crippen molar-refractivity contribution in [3.63, 3.8) is 0 Å². The minimum atomic E-state index is 0.0889. The summed E-state index contributed by atoms with van der Waals surface area (Å²) in [6, 6.07) is 0.252. The molecule has 0 saturated heterocycles. The summed E-state index contributed by atoms with van der Waals surface area (Å²) in [6.07, 6.45) is 6.46. The molecule has 1 amide bonds. The highest BCUT2D eigenvalue weighted by atomic mass is 16.1. The fraction of sp³-hybridized carbons (Fsp3) is 0.583. The van der Waals surface area contributed by atoms with Gasteiger partial charge in [-0.05, 0) is 13.3 Å². The number of aromatic nitrogens is 2. The first kappa shape index (κ1) is 13.6. The van der Waals surface area contributed by atoms with Crippen LogP contribution in [0.15, 0.2) is 18.6 Å². The second-order valence-electron chi connectivity index (χ2n) is 4.00. The van der Waals surface area contributed by atoms with Crippen molar-refractivity contribution in [2.24, 2.45) is 0 Å². The lowest BCUT2D eigenvalue weighted by Crippen LogP contribution is -2.33. The van der Waals surface area contributed by atoms with E-state index in [0.717, 1.165) is 12.1 Å². The lowest BCUT2D eigenvalue weighted by atomic mass is 10.2. The Balaban J connectivity index is 2.10. The van der Waals surface area contributed by atoms with Gasteiger partial charge in [0.25, 0.3) is 0 Å². The van der Waals surface area contributed by atoms with Crippen molar-refractivity contribution in [2.75, 3.05) is 6.54 Å². The van der Waals surface area contributed by atoms with E-state index in [4.69, 9.17) is 0 Å². The zero-order valence-electron chi connectivity index (χ0n) is 10.4. The standard InChI is InChI=1S/C12H20N4O/c1-3-10(2)16-12(17)4-5-13-8-11-9-14-6-7-15-11/h6-7,9-10,13H,3-5,8H2,1-2H3,(H,16,17). The predicted molar refractivity (Wildman–Crippen MR) is 66.3 cm³/mol. The first-order valence-electron chi connectivity index (χ1n) is 5.97. The van der Waals surface area contributed by atoms with Crippen LogP contribution >= 0.6 is 0 Å². The summed E-state index contributed by atoms with van der Waals surface area (Å²) in [6.45, 7) is 5.35. The smallest absolute Gasteiger partial charge is 0.221 e. The second-order valence-corrected chi connectivity index (χ2v) is 4.00. The molecule has 0 fully saturated rings. The van der Waals surface area contributed by atoms with E-state index in [-0.39, 0.29) is 11.9 Å². The minimum Gasteiger partial charge on any atom is -0.354 e. The third-order valence-electron chi connectivity index (χ3n) is 2.47. The molecule has 1 heterocycles. The van der Waals surface area contributed by atoms with Gasteiger partial charge in [0.2, 0.25) is 5.91 Å². The molecule has 94 valence electrons. The quantitative estimate of drug-likeness (QED) is 0.689. The number of amides is 1. The summed E-state index contributed by atoms with van der Waals surface area (Å²) in [5.74, 6) is 0.0889. The normalized spacial score (nSPS) is 12.1. The zero-order chi connectivity index (χ0) is 12.5. The van der Waals surface area contributed by atoms with Gasteiger partial charge < -0.3 is 10.6 Å². The minimum absolute atomic E-state index is 0.0889. The van der Waals surface area contributed by atoms with Gasteiger partial charge in [0, 0.05) is 44.1 Å². The van der Waals surface area contributed by atoms with E-state index >= 15 is 0 Å². The molecule has 0 aliphatic heterocycles. The van der Waals surface area contributed by atoms with Crippen molar-refractivity contribution in [2.45, 2.75) is 39.3 Å². The van der Waals surface area contributed by atoms with Crippen molar-refractivity contribution in [1.29, 1.82) is 0 Å². The molecule has 0 aliphatic rings. The SMILES string of the molecule is CCC(C)NC(=O)CCNCc1cnccn1. The Bertz CT molecular complexity index is 329. The number of carbonyl (C=O) groups is 1. The molecule has 1 aromatic heterocycles. The maximum atomic E-state index is 11.4. The van der Waals surface area contributed by atoms with Crippen LogP contribution in [0.2, 0.25) is 0 Å².